The zero-order valence-electron chi connectivity index (χ0n) is 14.8. The Bertz CT molecular complexity index is 816. The van der Waals surface area contributed by atoms with Crippen molar-refractivity contribution in [1.82, 2.24) is 5.43 Å². The summed E-state index contributed by atoms with van der Waals surface area (Å²) in [6, 6.07) is 12.1. The van der Waals surface area contributed by atoms with Gasteiger partial charge in [0.2, 0.25) is 0 Å². The highest BCUT2D eigenvalue weighted by Crippen LogP contribution is 2.27. The lowest BCUT2D eigenvalue weighted by Crippen LogP contribution is -2.24. The summed E-state index contributed by atoms with van der Waals surface area (Å²) >= 11 is 0. The Labute approximate surface area is 151 Å². The molecule has 26 heavy (non-hydrogen) atoms. The highest BCUT2D eigenvalue weighted by atomic mass is 16.6. The fourth-order valence-corrected chi connectivity index (χ4v) is 2.11. The Morgan fingerprint density at radius 1 is 1.27 bits per heavy atom. The number of hydrogen-bond donors (Lipinski definition) is 1. The third-order valence-electron chi connectivity index (χ3n) is 3.48. The van der Waals surface area contributed by atoms with Gasteiger partial charge in [-0.1, -0.05) is 18.2 Å². The summed E-state index contributed by atoms with van der Waals surface area (Å²) in [4.78, 5) is 24.2. The molecule has 0 bridgehead atoms. The van der Waals surface area contributed by atoms with Gasteiger partial charge >= 0.3 is 5.69 Å². The van der Waals surface area contributed by atoms with E-state index < -0.39 is 10.8 Å². The van der Waals surface area contributed by atoms with Gasteiger partial charge < -0.3 is 9.64 Å². The summed E-state index contributed by atoms with van der Waals surface area (Å²) in [6.45, 7) is 1.37. The molecule has 136 valence electrons. The fourth-order valence-electron chi connectivity index (χ4n) is 2.11. The van der Waals surface area contributed by atoms with E-state index in [1.165, 1.54) is 18.3 Å². The quantitative estimate of drug-likeness (QED) is 0.467. The van der Waals surface area contributed by atoms with E-state index in [1.807, 2.05) is 43.3 Å². The van der Waals surface area contributed by atoms with Gasteiger partial charge in [0.15, 0.2) is 12.4 Å². The third kappa shape index (κ3) is 5.30. The molecule has 8 heteroatoms. The summed E-state index contributed by atoms with van der Waals surface area (Å²) in [5.74, 6) is -0.472. The van der Waals surface area contributed by atoms with Crippen LogP contribution in [0.3, 0.4) is 0 Å². The molecule has 0 unspecified atom stereocenters. The van der Waals surface area contributed by atoms with Crippen molar-refractivity contribution in [3.8, 4) is 5.75 Å². The molecule has 1 amide bonds. The molecule has 1 N–H and O–H groups in total. The molecule has 0 atom stereocenters. The second-order valence-electron chi connectivity index (χ2n) is 5.80. The molecule has 0 aliphatic carbocycles. The first kappa shape index (κ1) is 18.9. The maximum absolute atomic E-state index is 11.8. The zero-order chi connectivity index (χ0) is 19.1. The SMILES string of the molecule is Cc1ccc(OCC(=O)N/N=C/c2ccc(N(C)C)cc2)c([N+](=O)[O-])c1. The number of nitrogens with zero attached hydrogens (tertiary/aromatic N) is 3. The largest absolute Gasteiger partial charge is 0.477 e. The molecule has 0 saturated carbocycles. The normalized spacial score (nSPS) is 10.6. The highest BCUT2D eigenvalue weighted by Gasteiger charge is 2.16. The van der Waals surface area contributed by atoms with Crippen molar-refractivity contribution < 1.29 is 14.5 Å². The van der Waals surface area contributed by atoms with Crippen molar-refractivity contribution in [2.24, 2.45) is 5.10 Å². The summed E-state index contributed by atoms with van der Waals surface area (Å²) in [7, 11) is 3.89. The summed E-state index contributed by atoms with van der Waals surface area (Å²) in [5, 5.41) is 14.9. The van der Waals surface area contributed by atoms with Crippen LogP contribution in [-0.4, -0.2) is 37.7 Å². The lowest BCUT2D eigenvalue weighted by Gasteiger charge is -2.11. The number of nitrogens with one attached hydrogen (secondary N) is 1. The molecule has 0 radical (unpaired) electrons. The Kier molecular flexibility index (Phi) is 6.26. The van der Waals surface area contributed by atoms with Crippen molar-refractivity contribution >= 4 is 23.5 Å². The Morgan fingerprint density at radius 3 is 2.58 bits per heavy atom. The maximum atomic E-state index is 11.8. The number of ether oxygens (including phenoxy) is 1. The van der Waals surface area contributed by atoms with Gasteiger partial charge in [-0.2, -0.15) is 5.10 Å². The van der Waals surface area contributed by atoms with Crippen LogP contribution in [0.15, 0.2) is 47.6 Å². The second kappa shape index (κ2) is 8.61. The van der Waals surface area contributed by atoms with Crippen LogP contribution in [0.25, 0.3) is 0 Å². The smallest absolute Gasteiger partial charge is 0.311 e. The van der Waals surface area contributed by atoms with Gasteiger partial charge in [0.1, 0.15) is 0 Å². The number of benzene rings is 2. The Balaban J connectivity index is 1.88. The predicted molar refractivity (Wildman–Crippen MR) is 99.8 cm³/mol. The number of rotatable bonds is 7. The van der Waals surface area contributed by atoms with Crippen molar-refractivity contribution in [2.45, 2.75) is 6.92 Å². The van der Waals surface area contributed by atoms with Crippen molar-refractivity contribution in [3.05, 3.63) is 63.7 Å². The van der Waals surface area contributed by atoms with Crippen LogP contribution in [-0.2, 0) is 4.79 Å². The molecular formula is C18H20N4O4. The van der Waals surface area contributed by atoms with E-state index in [1.54, 1.807) is 13.0 Å². The topological polar surface area (TPSA) is 97.1 Å². The number of anilines is 1. The van der Waals surface area contributed by atoms with Gasteiger partial charge in [-0.15, -0.1) is 0 Å². The predicted octanol–water partition coefficient (Wildman–Crippen LogP) is 2.50. The molecule has 0 spiro atoms. The zero-order valence-corrected chi connectivity index (χ0v) is 14.8. The van der Waals surface area contributed by atoms with E-state index in [-0.39, 0.29) is 18.0 Å². The van der Waals surface area contributed by atoms with Gasteiger partial charge in [0.05, 0.1) is 11.1 Å². The van der Waals surface area contributed by atoms with Crippen LogP contribution in [0.1, 0.15) is 11.1 Å². The van der Waals surface area contributed by atoms with E-state index >= 15 is 0 Å². The van der Waals surface area contributed by atoms with Gasteiger partial charge in [-0.05, 0) is 36.2 Å². The van der Waals surface area contributed by atoms with Gasteiger partial charge in [0.25, 0.3) is 5.91 Å². The van der Waals surface area contributed by atoms with Crippen molar-refractivity contribution in [2.75, 3.05) is 25.6 Å². The first-order valence-electron chi connectivity index (χ1n) is 7.84. The number of hydrazone groups is 1. The molecule has 0 aliphatic heterocycles. The average molecular weight is 356 g/mol. The number of hydrogen-bond acceptors (Lipinski definition) is 6. The number of amides is 1. The van der Waals surface area contributed by atoms with Crippen LogP contribution in [0.4, 0.5) is 11.4 Å². The molecule has 2 rings (SSSR count). The molecule has 0 saturated heterocycles. The van der Waals surface area contributed by atoms with Crippen LogP contribution >= 0.6 is 0 Å². The van der Waals surface area contributed by atoms with E-state index in [4.69, 9.17) is 4.74 Å². The summed E-state index contributed by atoms with van der Waals surface area (Å²) < 4.78 is 5.23. The summed E-state index contributed by atoms with van der Waals surface area (Å²) in [6.07, 6.45) is 1.51. The van der Waals surface area contributed by atoms with E-state index in [0.717, 1.165) is 16.8 Å². The van der Waals surface area contributed by atoms with E-state index in [9.17, 15) is 14.9 Å². The monoisotopic (exact) mass is 356 g/mol. The molecule has 0 aromatic heterocycles. The summed E-state index contributed by atoms with van der Waals surface area (Å²) in [5.41, 5.74) is 4.76. The highest BCUT2D eigenvalue weighted by molar-refractivity contribution is 5.83. The molecule has 8 nitrogen and oxygen atoms in total. The fraction of sp³-hybridized carbons (Fsp3) is 0.222. The number of carbonyl (C=O) groups excluding carboxylic acids is 1. The van der Waals surface area contributed by atoms with Crippen LogP contribution in [0, 0.1) is 17.0 Å². The molecular weight excluding hydrogens is 336 g/mol. The minimum atomic E-state index is -0.546. The standard InChI is InChI=1S/C18H20N4O4/c1-13-4-9-17(16(10-13)22(24)25)26-12-18(23)20-19-11-14-5-7-15(8-6-14)21(2)3/h4-11H,12H2,1-3H3,(H,20,23)/b19-11+. The number of aryl methyl sites for hydroxylation is 1. The van der Waals surface area contributed by atoms with Crippen LogP contribution in [0.5, 0.6) is 5.75 Å². The minimum Gasteiger partial charge on any atom is -0.477 e. The van der Waals surface area contributed by atoms with Crippen LogP contribution < -0.4 is 15.1 Å². The average Bonchev–Trinajstić information content (AvgIpc) is 2.61. The lowest BCUT2D eigenvalue weighted by atomic mass is 10.2. The number of nitro groups is 1. The first-order valence-corrected chi connectivity index (χ1v) is 7.84. The second-order valence-corrected chi connectivity index (χ2v) is 5.80. The lowest BCUT2D eigenvalue weighted by molar-refractivity contribution is -0.385. The Hall–Kier alpha value is -3.42. The number of carbonyl (C=O) groups is 1. The third-order valence-corrected chi connectivity index (χ3v) is 3.48. The first-order chi connectivity index (χ1) is 12.4. The molecule has 0 fully saturated rings. The number of nitro benzene ring substituents is 1. The molecule has 2 aromatic rings. The molecule has 2 aromatic carbocycles. The maximum Gasteiger partial charge on any atom is 0.311 e. The van der Waals surface area contributed by atoms with Crippen molar-refractivity contribution in [3.63, 3.8) is 0 Å². The van der Waals surface area contributed by atoms with Gasteiger partial charge in [-0.25, -0.2) is 5.43 Å². The Morgan fingerprint density at radius 2 is 1.96 bits per heavy atom. The molecule has 0 aliphatic rings. The van der Waals surface area contributed by atoms with E-state index in [2.05, 4.69) is 10.5 Å². The van der Waals surface area contributed by atoms with Gasteiger partial charge in [0, 0.05) is 25.8 Å². The van der Waals surface area contributed by atoms with E-state index in [0.29, 0.717) is 0 Å². The molecule has 0 heterocycles. The van der Waals surface area contributed by atoms with Gasteiger partial charge in [-0.3, -0.25) is 14.9 Å². The van der Waals surface area contributed by atoms with Crippen molar-refractivity contribution in [1.29, 1.82) is 0 Å². The van der Waals surface area contributed by atoms with Crippen LogP contribution in [0.2, 0.25) is 0 Å². The minimum absolute atomic E-state index is 0.0407.